The second kappa shape index (κ2) is 6.31. The number of carbonyl (C=O) groups excluding carboxylic acids is 2. The fraction of sp³-hybridized carbons (Fsp3) is 0.278. The largest absolute Gasteiger partial charge is 0.329 e. The zero-order valence-corrected chi connectivity index (χ0v) is 14.0. The molecule has 0 bridgehead atoms. The van der Waals surface area contributed by atoms with E-state index in [2.05, 4.69) is 14.9 Å². The molecule has 1 aliphatic heterocycles. The van der Waals surface area contributed by atoms with Crippen molar-refractivity contribution in [3.63, 3.8) is 0 Å². The molecule has 2 aromatic rings. The highest BCUT2D eigenvalue weighted by Crippen LogP contribution is 2.23. The average Bonchev–Trinajstić information content (AvgIpc) is 2.99. The number of urea groups is 1. The first-order chi connectivity index (χ1) is 11.5. The molecule has 6 nitrogen and oxygen atoms in total. The second-order valence-corrected chi connectivity index (χ2v) is 5.82. The Kier molecular flexibility index (Phi) is 4.20. The number of aryl methyl sites for hydroxylation is 1. The maximum absolute atomic E-state index is 12.3. The minimum Gasteiger partial charge on any atom is -0.316 e. The summed E-state index contributed by atoms with van der Waals surface area (Å²) in [7, 11) is 0. The van der Waals surface area contributed by atoms with Gasteiger partial charge in [0, 0.05) is 24.1 Å². The van der Waals surface area contributed by atoms with Gasteiger partial charge in [-0.2, -0.15) is 0 Å². The summed E-state index contributed by atoms with van der Waals surface area (Å²) >= 11 is 0. The normalized spacial score (nSPS) is 16.1. The molecule has 3 rings (SSSR count). The third-order valence-corrected chi connectivity index (χ3v) is 4.08. The van der Waals surface area contributed by atoms with Crippen LogP contribution in [0.15, 0.2) is 36.3 Å². The van der Waals surface area contributed by atoms with Crippen LogP contribution in [0.4, 0.5) is 4.79 Å². The van der Waals surface area contributed by atoms with E-state index in [0.717, 1.165) is 29.1 Å². The monoisotopic (exact) mass is 324 g/mol. The summed E-state index contributed by atoms with van der Waals surface area (Å²) in [5.74, 6) is -0.270. The topological polar surface area (TPSA) is 67.2 Å². The Balaban J connectivity index is 1.98. The van der Waals surface area contributed by atoms with Gasteiger partial charge < -0.3 is 9.88 Å². The Morgan fingerprint density at radius 3 is 2.75 bits per heavy atom. The first-order valence-electron chi connectivity index (χ1n) is 7.96. The van der Waals surface area contributed by atoms with Crippen molar-refractivity contribution in [3.05, 3.63) is 53.2 Å². The fourth-order valence-corrected chi connectivity index (χ4v) is 2.97. The van der Waals surface area contributed by atoms with Crippen molar-refractivity contribution in [1.29, 1.82) is 0 Å². The van der Waals surface area contributed by atoms with E-state index in [1.54, 1.807) is 18.5 Å². The van der Waals surface area contributed by atoms with E-state index in [0.29, 0.717) is 12.2 Å². The van der Waals surface area contributed by atoms with Crippen molar-refractivity contribution >= 4 is 18.0 Å². The third-order valence-electron chi connectivity index (χ3n) is 4.08. The van der Waals surface area contributed by atoms with Crippen molar-refractivity contribution < 1.29 is 9.59 Å². The zero-order valence-electron chi connectivity index (χ0n) is 14.0. The van der Waals surface area contributed by atoms with E-state index in [4.69, 9.17) is 0 Å². The molecule has 0 radical (unpaired) electrons. The number of pyridine rings is 1. The van der Waals surface area contributed by atoms with Crippen molar-refractivity contribution in [1.82, 2.24) is 19.8 Å². The van der Waals surface area contributed by atoms with Gasteiger partial charge in [-0.25, -0.2) is 4.79 Å². The standard InChI is InChI=1S/C18H20N4O2/c1-4-8-21-17(23)16(20-18(21)24)10-14-9-12(2)22(13(14)3)15-6-5-7-19-11-15/h5-7,9-11H,4,8H2,1-3H3,(H,20,24)/b16-10+. The molecule has 1 aliphatic rings. The van der Waals surface area contributed by atoms with Gasteiger partial charge in [-0.1, -0.05) is 6.92 Å². The minimum atomic E-state index is -0.353. The summed E-state index contributed by atoms with van der Waals surface area (Å²) in [6.07, 6.45) is 6.01. The number of nitrogens with zero attached hydrogens (tertiary/aromatic N) is 3. The molecule has 1 N–H and O–H groups in total. The van der Waals surface area contributed by atoms with Gasteiger partial charge in [-0.3, -0.25) is 14.7 Å². The van der Waals surface area contributed by atoms with Gasteiger partial charge in [-0.15, -0.1) is 0 Å². The van der Waals surface area contributed by atoms with Crippen LogP contribution in [0.3, 0.4) is 0 Å². The van der Waals surface area contributed by atoms with Crippen LogP contribution in [0, 0.1) is 13.8 Å². The van der Waals surface area contributed by atoms with Gasteiger partial charge in [0.2, 0.25) is 0 Å². The van der Waals surface area contributed by atoms with Crippen molar-refractivity contribution in [3.8, 4) is 5.69 Å². The molecule has 0 unspecified atom stereocenters. The Hall–Kier alpha value is -2.89. The zero-order chi connectivity index (χ0) is 17.3. The van der Waals surface area contributed by atoms with Gasteiger partial charge in [-0.05, 0) is 50.1 Å². The van der Waals surface area contributed by atoms with Crippen LogP contribution < -0.4 is 5.32 Å². The summed E-state index contributed by atoms with van der Waals surface area (Å²) in [6.45, 7) is 6.35. The summed E-state index contributed by atoms with van der Waals surface area (Å²) in [5, 5.41) is 2.66. The number of imide groups is 1. The van der Waals surface area contributed by atoms with Crippen LogP contribution >= 0.6 is 0 Å². The number of hydrogen-bond donors (Lipinski definition) is 1. The number of aromatic nitrogens is 2. The Morgan fingerprint density at radius 2 is 2.08 bits per heavy atom. The highest BCUT2D eigenvalue weighted by atomic mass is 16.2. The predicted molar refractivity (Wildman–Crippen MR) is 91.6 cm³/mol. The second-order valence-electron chi connectivity index (χ2n) is 5.82. The molecule has 3 amide bonds. The van der Waals surface area contributed by atoms with Crippen LogP contribution in [0.25, 0.3) is 11.8 Å². The van der Waals surface area contributed by atoms with Crippen LogP contribution in [0.1, 0.15) is 30.3 Å². The fourth-order valence-electron chi connectivity index (χ4n) is 2.97. The number of rotatable bonds is 4. The lowest BCUT2D eigenvalue weighted by Gasteiger charge is -2.09. The Labute approximate surface area is 140 Å². The molecule has 0 atom stereocenters. The van der Waals surface area contributed by atoms with Gasteiger partial charge in [0.1, 0.15) is 5.70 Å². The SMILES string of the molecule is CCCN1C(=O)N/C(=C/c2cc(C)n(-c3cccnc3)c2C)C1=O. The summed E-state index contributed by atoms with van der Waals surface area (Å²) in [6, 6.07) is 5.51. The van der Waals surface area contributed by atoms with E-state index in [1.165, 1.54) is 4.90 Å². The molecule has 0 saturated carbocycles. The molecule has 1 fully saturated rings. The van der Waals surface area contributed by atoms with E-state index in [-0.39, 0.29) is 11.9 Å². The quantitative estimate of drug-likeness (QED) is 0.694. The molecule has 6 heteroatoms. The molecule has 3 heterocycles. The summed E-state index contributed by atoms with van der Waals surface area (Å²) < 4.78 is 2.07. The molecule has 0 spiro atoms. The van der Waals surface area contributed by atoms with Crippen LogP contribution in [0.5, 0.6) is 0 Å². The maximum atomic E-state index is 12.3. The lowest BCUT2D eigenvalue weighted by Crippen LogP contribution is -2.31. The van der Waals surface area contributed by atoms with Crippen molar-refractivity contribution in [2.45, 2.75) is 27.2 Å². The van der Waals surface area contributed by atoms with E-state index in [1.807, 2.05) is 39.0 Å². The van der Waals surface area contributed by atoms with E-state index < -0.39 is 0 Å². The van der Waals surface area contributed by atoms with Crippen LogP contribution in [-0.2, 0) is 4.79 Å². The van der Waals surface area contributed by atoms with Crippen molar-refractivity contribution in [2.24, 2.45) is 0 Å². The highest BCUT2D eigenvalue weighted by Gasteiger charge is 2.32. The van der Waals surface area contributed by atoms with Crippen LogP contribution in [-0.4, -0.2) is 32.9 Å². The van der Waals surface area contributed by atoms with E-state index >= 15 is 0 Å². The molecule has 124 valence electrons. The molecule has 1 saturated heterocycles. The number of nitrogens with one attached hydrogen (secondary N) is 1. The first kappa shape index (κ1) is 16.0. The molecular formula is C18H20N4O2. The van der Waals surface area contributed by atoms with E-state index in [9.17, 15) is 9.59 Å². The highest BCUT2D eigenvalue weighted by molar-refractivity contribution is 6.14. The van der Waals surface area contributed by atoms with Gasteiger partial charge in [0.25, 0.3) is 5.91 Å². The molecular weight excluding hydrogens is 304 g/mol. The summed E-state index contributed by atoms with van der Waals surface area (Å²) in [4.78, 5) is 29.6. The van der Waals surface area contributed by atoms with Crippen molar-refractivity contribution in [2.75, 3.05) is 6.54 Å². The van der Waals surface area contributed by atoms with Gasteiger partial charge >= 0.3 is 6.03 Å². The lowest BCUT2D eigenvalue weighted by atomic mass is 10.2. The minimum absolute atomic E-state index is 0.270. The average molecular weight is 324 g/mol. The number of amides is 3. The molecule has 24 heavy (non-hydrogen) atoms. The summed E-state index contributed by atoms with van der Waals surface area (Å²) in [5.41, 5.74) is 4.21. The third kappa shape index (κ3) is 2.71. The first-order valence-corrected chi connectivity index (χ1v) is 7.96. The number of hydrogen-bond acceptors (Lipinski definition) is 3. The Bertz CT molecular complexity index is 821. The lowest BCUT2D eigenvalue weighted by molar-refractivity contribution is -0.122. The predicted octanol–water partition coefficient (Wildman–Crippen LogP) is 2.79. The van der Waals surface area contributed by atoms with Crippen LogP contribution in [0.2, 0.25) is 0 Å². The molecule has 2 aromatic heterocycles. The van der Waals surface area contributed by atoms with Gasteiger partial charge in [0.05, 0.1) is 11.9 Å². The maximum Gasteiger partial charge on any atom is 0.329 e. The molecule has 0 aliphatic carbocycles. The Morgan fingerprint density at radius 1 is 1.29 bits per heavy atom. The smallest absolute Gasteiger partial charge is 0.316 e. The van der Waals surface area contributed by atoms with Gasteiger partial charge in [0.15, 0.2) is 0 Å². The number of carbonyl (C=O) groups is 2. The molecule has 0 aromatic carbocycles.